The first-order valence-electron chi connectivity index (χ1n) is 6.11. The molecule has 0 aliphatic rings. The molecule has 0 bridgehead atoms. The first-order valence-corrected chi connectivity index (χ1v) is 7.89. The lowest BCUT2D eigenvalue weighted by atomic mass is 10.2. The van der Waals surface area contributed by atoms with Crippen molar-refractivity contribution in [1.29, 1.82) is 0 Å². The molecular formula is C13H13ClN2O5S. The van der Waals surface area contributed by atoms with E-state index in [1.54, 1.807) is 6.92 Å². The van der Waals surface area contributed by atoms with E-state index in [4.69, 9.17) is 15.8 Å². The summed E-state index contributed by atoms with van der Waals surface area (Å²) in [4.78, 5) is 22.9. The highest BCUT2D eigenvalue weighted by atomic mass is 35.5. The fraction of sp³-hybridized carbons (Fsp3) is 0.231. The summed E-state index contributed by atoms with van der Waals surface area (Å²) in [5.74, 6) is 0.0257. The smallest absolute Gasteiger partial charge is 0.346 e. The Bertz CT molecular complexity index is 959. The Morgan fingerprint density at radius 3 is 2.41 bits per heavy atom. The number of nitrogens with zero attached hydrogens (tertiary/aromatic N) is 2. The van der Waals surface area contributed by atoms with E-state index >= 15 is 0 Å². The topological polar surface area (TPSA) is 87.4 Å². The number of hydrogen-bond donors (Lipinski definition) is 0. The van der Waals surface area contributed by atoms with Gasteiger partial charge >= 0.3 is 15.8 Å². The minimum Gasteiger partial charge on any atom is -0.379 e. The van der Waals surface area contributed by atoms with Gasteiger partial charge in [0.15, 0.2) is 4.90 Å². The van der Waals surface area contributed by atoms with Gasteiger partial charge in [-0.2, -0.15) is 8.42 Å². The zero-order valence-corrected chi connectivity index (χ0v) is 13.6. The zero-order chi connectivity index (χ0) is 16.7. The molecule has 2 rings (SSSR count). The third kappa shape index (κ3) is 2.93. The molecule has 7 nitrogen and oxygen atoms in total. The average molecular weight is 345 g/mol. The Morgan fingerprint density at radius 1 is 1.18 bits per heavy atom. The Hall–Kier alpha value is -2.06. The maximum atomic E-state index is 12.3. The van der Waals surface area contributed by atoms with E-state index in [1.807, 2.05) is 0 Å². The van der Waals surface area contributed by atoms with Gasteiger partial charge in [-0.15, -0.1) is 0 Å². The highest BCUT2D eigenvalue weighted by Gasteiger charge is 2.23. The molecule has 0 N–H and O–H groups in total. The summed E-state index contributed by atoms with van der Waals surface area (Å²) in [5.41, 5.74) is -0.956. The van der Waals surface area contributed by atoms with Gasteiger partial charge in [-0.1, -0.05) is 11.6 Å². The van der Waals surface area contributed by atoms with Gasteiger partial charge in [-0.25, -0.2) is 4.79 Å². The number of aryl methyl sites for hydroxylation is 2. The molecule has 0 amide bonds. The average Bonchev–Trinajstić information content (AvgIpc) is 2.44. The van der Waals surface area contributed by atoms with Crippen LogP contribution in [0.15, 0.2) is 38.9 Å². The second-order valence-electron chi connectivity index (χ2n) is 4.70. The Labute approximate surface area is 131 Å². The van der Waals surface area contributed by atoms with Crippen molar-refractivity contribution in [3.8, 4) is 5.75 Å². The van der Waals surface area contributed by atoms with Crippen molar-refractivity contribution in [3.63, 3.8) is 0 Å². The molecule has 1 aromatic heterocycles. The van der Waals surface area contributed by atoms with Crippen LogP contribution in [-0.2, 0) is 24.2 Å². The van der Waals surface area contributed by atoms with Crippen molar-refractivity contribution in [3.05, 3.63) is 55.8 Å². The molecule has 0 spiro atoms. The molecule has 1 heterocycles. The van der Waals surface area contributed by atoms with Crippen molar-refractivity contribution >= 4 is 21.7 Å². The normalized spacial score (nSPS) is 11.5. The predicted molar refractivity (Wildman–Crippen MR) is 80.9 cm³/mol. The van der Waals surface area contributed by atoms with E-state index in [0.29, 0.717) is 15.2 Å². The number of benzene rings is 1. The lowest BCUT2D eigenvalue weighted by Gasteiger charge is -2.10. The molecule has 0 saturated carbocycles. The first kappa shape index (κ1) is 16.3. The standard InChI is InChI=1S/C13H13ClN2O5S/c1-8-6-9(4-5-10(8)14)21-22(19,20)11-7-15(2)13(18)16(3)12(11)17/h4-7H,1-3H3. The van der Waals surface area contributed by atoms with E-state index in [1.165, 1.54) is 32.3 Å². The first-order chi connectivity index (χ1) is 10.1. The van der Waals surface area contributed by atoms with Gasteiger partial charge in [0, 0.05) is 25.3 Å². The highest BCUT2D eigenvalue weighted by Crippen LogP contribution is 2.23. The maximum Gasteiger partial charge on any atom is 0.346 e. The minimum atomic E-state index is -4.37. The van der Waals surface area contributed by atoms with Crippen LogP contribution in [0.5, 0.6) is 5.75 Å². The number of aromatic nitrogens is 2. The Balaban J connectivity index is 2.54. The second-order valence-corrected chi connectivity index (χ2v) is 6.62. The fourth-order valence-electron chi connectivity index (χ4n) is 1.79. The van der Waals surface area contributed by atoms with Gasteiger partial charge in [0.05, 0.1) is 0 Å². The molecule has 0 saturated heterocycles. The van der Waals surface area contributed by atoms with Gasteiger partial charge < -0.3 is 8.75 Å². The van der Waals surface area contributed by atoms with Crippen molar-refractivity contribution in [2.24, 2.45) is 14.1 Å². The van der Waals surface area contributed by atoms with Crippen LogP contribution in [0, 0.1) is 6.92 Å². The lowest BCUT2D eigenvalue weighted by Crippen LogP contribution is -2.39. The van der Waals surface area contributed by atoms with Crippen LogP contribution in [0.1, 0.15) is 5.56 Å². The van der Waals surface area contributed by atoms with Gasteiger partial charge in [0.1, 0.15) is 5.75 Å². The lowest BCUT2D eigenvalue weighted by molar-refractivity contribution is 0.480. The van der Waals surface area contributed by atoms with Gasteiger partial charge in [0.25, 0.3) is 5.56 Å². The van der Waals surface area contributed by atoms with E-state index in [9.17, 15) is 18.0 Å². The van der Waals surface area contributed by atoms with Crippen LogP contribution in [0.4, 0.5) is 0 Å². The van der Waals surface area contributed by atoms with Crippen LogP contribution in [-0.4, -0.2) is 17.6 Å². The molecular weight excluding hydrogens is 332 g/mol. The zero-order valence-electron chi connectivity index (χ0n) is 12.0. The van der Waals surface area contributed by atoms with Gasteiger partial charge in [-0.3, -0.25) is 9.36 Å². The predicted octanol–water partition coefficient (Wildman–Crippen LogP) is 0.814. The molecule has 0 atom stereocenters. The van der Waals surface area contributed by atoms with Gasteiger partial charge in [0.2, 0.25) is 0 Å². The summed E-state index contributed by atoms with van der Waals surface area (Å²) >= 11 is 5.86. The highest BCUT2D eigenvalue weighted by molar-refractivity contribution is 7.87. The molecule has 1 aromatic carbocycles. The quantitative estimate of drug-likeness (QED) is 0.769. The molecule has 2 aromatic rings. The third-order valence-corrected chi connectivity index (χ3v) is 4.67. The minimum absolute atomic E-state index is 0.0257. The molecule has 118 valence electrons. The summed E-state index contributed by atoms with van der Waals surface area (Å²) in [5, 5.41) is 0.461. The summed E-state index contributed by atoms with van der Waals surface area (Å²) in [6.45, 7) is 1.69. The van der Waals surface area contributed by atoms with Crippen molar-refractivity contribution in [2.75, 3.05) is 0 Å². The third-order valence-electron chi connectivity index (χ3n) is 3.02. The number of rotatable bonds is 3. The van der Waals surface area contributed by atoms with Crippen LogP contribution in [0.25, 0.3) is 0 Å². The second kappa shape index (κ2) is 5.62. The van der Waals surface area contributed by atoms with E-state index in [2.05, 4.69) is 0 Å². The van der Waals surface area contributed by atoms with Crippen LogP contribution in [0.3, 0.4) is 0 Å². The van der Waals surface area contributed by atoms with Crippen LogP contribution in [0.2, 0.25) is 5.02 Å². The summed E-state index contributed by atoms with van der Waals surface area (Å²) in [7, 11) is -1.84. The SMILES string of the molecule is Cc1cc(OS(=O)(=O)c2cn(C)c(=O)n(C)c2=O)ccc1Cl. The van der Waals surface area contributed by atoms with Crippen molar-refractivity contribution in [2.45, 2.75) is 11.8 Å². The number of hydrogen-bond acceptors (Lipinski definition) is 5. The summed E-state index contributed by atoms with van der Waals surface area (Å²) in [6, 6.07) is 4.30. The van der Waals surface area contributed by atoms with Crippen LogP contribution < -0.4 is 15.4 Å². The molecule has 22 heavy (non-hydrogen) atoms. The number of halogens is 1. The summed E-state index contributed by atoms with van der Waals surface area (Å²) < 4.78 is 31.1. The van der Waals surface area contributed by atoms with E-state index in [0.717, 1.165) is 10.8 Å². The monoisotopic (exact) mass is 344 g/mol. The maximum absolute atomic E-state index is 12.3. The molecule has 0 aliphatic heterocycles. The molecule has 0 unspecified atom stereocenters. The molecule has 0 radical (unpaired) electrons. The largest absolute Gasteiger partial charge is 0.379 e. The Morgan fingerprint density at radius 2 is 1.82 bits per heavy atom. The Kier molecular flexibility index (Phi) is 4.17. The van der Waals surface area contributed by atoms with Crippen molar-refractivity contribution < 1.29 is 12.6 Å². The van der Waals surface area contributed by atoms with Gasteiger partial charge in [-0.05, 0) is 30.7 Å². The summed E-state index contributed by atoms with van der Waals surface area (Å²) in [6.07, 6.45) is 0.933. The molecule has 0 aliphatic carbocycles. The van der Waals surface area contributed by atoms with Crippen LogP contribution >= 0.6 is 11.6 Å². The van der Waals surface area contributed by atoms with E-state index < -0.39 is 26.3 Å². The molecule has 0 fully saturated rings. The van der Waals surface area contributed by atoms with Crippen molar-refractivity contribution in [1.82, 2.24) is 9.13 Å². The molecule has 9 heteroatoms. The fourth-order valence-corrected chi connectivity index (χ4v) is 2.99. The van der Waals surface area contributed by atoms with E-state index in [-0.39, 0.29) is 5.75 Å².